The normalized spacial score (nSPS) is 15.9. The summed E-state index contributed by atoms with van der Waals surface area (Å²) in [6.45, 7) is 2.50. The van der Waals surface area contributed by atoms with E-state index in [0.29, 0.717) is 12.5 Å². The molecule has 1 aromatic carbocycles. The average molecular weight is 325 g/mol. The van der Waals surface area contributed by atoms with Crippen molar-refractivity contribution in [2.24, 2.45) is 0 Å². The Kier molecular flexibility index (Phi) is 4.06. The summed E-state index contributed by atoms with van der Waals surface area (Å²) in [5.74, 6) is 3.38. The van der Waals surface area contributed by atoms with Gasteiger partial charge < -0.3 is 10.1 Å². The van der Waals surface area contributed by atoms with E-state index < -0.39 is 0 Å². The van der Waals surface area contributed by atoms with Crippen LogP contribution in [0.25, 0.3) is 11.0 Å². The second-order valence-electron chi connectivity index (χ2n) is 6.61. The second-order valence-corrected chi connectivity index (χ2v) is 6.61. The maximum absolute atomic E-state index is 9.97. The van der Waals surface area contributed by atoms with Crippen LogP contribution in [0.5, 0.6) is 0 Å². The van der Waals surface area contributed by atoms with E-state index >= 15 is 0 Å². The van der Waals surface area contributed by atoms with E-state index in [1.54, 1.807) is 0 Å². The topological polar surface area (TPSA) is 79.6 Å². The number of imidazole rings is 1. The Balaban J connectivity index is 1.51. The maximum atomic E-state index is 9.97. The molecule has 0 amide bonds. The minimum absolute atomic E-state index is 0.372. The van der Waals surface area contributed by atoms with Crippen molar-refractivity contribution < 1.29 is 5.11 Å². The molecule has 1 atom stereocenters. The van der Waals surface area contributed by atoms with E-state index in [1.165, 1.54) is 12.8 Å². The number of hydrogen-bond donors (Lipinski definition) is 2. The summed E-state index contributed by atoms with van der Waals surface area (Å²) < 4.78 is 1.89. The molecule has 126 valence electrons. The van der Waals surface area contributed by atoms with Gasteiger partial charge in [-0.3, -0.25) is 0 Å². The quantitative estimate of drug-likeness (QED) is 0.700. The van der Waals surface area contributed by atoms with E-state index in [4.69, 9.17) is 4.98 Å². The van der Waals surface area contributed by atoms with Gasteiger partial charge in [0.2, 0.25) is 0 Å². The van der Waals surface area contributed by atoms with Crippen LogP contribution in [0.4, 0.5) is 0 Å². The number of H-pyrrole nitrogens is 1. The van der Waals surface area contributed by atoms with Gasteiger partial charge >= 0.3 is 0 Å². The van der Waals surface area contributed by atoms with Crippen molar-refractivity contribution in [1.82, 2.24) is 24.7 Å². The fourth-order valence-corrected chi connectivity index (χ4v) is 2.92. The van der Waals surface area contributed by atoms with E-state index in [-0.39, 0.29) is 6.10 Å². The minimum atomic E-state index is -0.372. The summed E-state index contributed by atoms with van der Waals surface area (Å²) in [5.41, 5.74) is 2.06. The van der Waals surface area contributed by atoms with Crippen molar-refractivity contribution in [2.75, 3.05) is 0 Å². The fraction of sp³-hybridized carbons (Fsp3) is 0.500. The third-order valence-corrected chi connectivity index (χ3v) is 4.59. The fourth-order valence-electron chi connectivity index (χ4n) is 2.92. The standard InChI is InChI=1S/C18H23N5O/c1-2-13(24)11-23-17(21-18(22-23)12-7-8-12)10-9-16-19-14-5-3-4-6-15(14)20-16/h3-6,12-13,24H,2,7-11H2,1H3,(H,19,20)/t13-/m1/s1. The van der Waals surface area contributed by atoms with Gasteiger partial charge in [0.05, 0.1) is 23.7 Å². The van der Waals surface area contributed by atoms with Crippen molar-refractivity contribution in [3.05, 3.63) is 41.7 Å². The number of rotatable bonds is 7. The molecule has 1 aliphatic carbocycles. The van der Waals surface area contributed by atoms with Gasteiger partial charge in [0, 0.05) is 18.8 Å². The molecular weight excluding hydrogens is 302 g/mol. The molecule has 0 spiro atoms. The number of aromatic amines is 1. The first-order valence-electron chi connectivity index (χ1n) is 8.78. The van der Waals surface area contributed by atoms with Crippen molar-refractivity contribution in [2.45, 2.75) is 57.6 Å². The molecule has 2 N–H and O–H groups in total. The zero-order valence-corrected chi connectivity index (χ0v) is 13.9. The molecule has 2 aromatic heterocycles. The molecule has 0 bridgehead atoms. The molecule has 24 heavy (non-hydrogen) atoms. The van der Waals surface area contributed by atoms with Crippen LogP contribution in [0.15, 0.2) is 24.3 Å². The molecule has 4 rings (SSSR count). The molecule has 1 fully saturated rings. The van der Waals surface area contributed by atoms with Crippen molar-refractivity contribution >= 4 is 11.0 Å². The Labute approximate surface area is 140 Å². The lowest BCUT2D eigenvalue weighted by molar-refractivity contribution is 0.143. The molecule has 3 aromatic rings. The number of fused-ring (bicyclic) bond motifs is 1. The number of aromatic nitrogens is 5. The van der Waals surface area contributed by atoms with Crippen LogP contribution in [0.2, 0.25) is 0 Å². The van der Waals surface area contributed by atoms with Crippen LogP contribution >= 0.6 is 0 Å². The predicted octanol–water partition coefficient (Wildman–Crippen LogP) is 2.59. The van der Waals surface area contributed by atoms with E-state index in [1.807, 2.05) is 35.9 Å². The maximum Gasteiger partial charge on any atom is 0.154 e. The van der Waals surface area contributed by atoms with Gasteiger partial charge in [-0.25, -0.2) is 14.6 Å². The third kappa shape index (κ3) is 3.19. The number of nitrogens with one attached hydrogen (secondary N) is 1. The summed E-state index contributed by atoms with van der Waals surface area (Å²) >= 11 is 0. The van der Waals surface area contributed by atoms with Gasteiger partial charge in [0.1, 0.15) is 11.6 Å². The first-order valence-corrected chi connectivity index (χ1v) is 8.78. The summed E-state index contributed by atoms with van der Waals surface area (Å²) in [5, 5.41) is 14.6. The molecule has 0 aliphatic heterocycles. The highest BCUT2D eigenvalue weighted by molar-refractivity contribution is 5.74. The van der Waals surface area contributed by atoms with E-state index in [2.05, 4.69) is 15.1 Å². The smallest absolute Gasteiger partial charge is 0.154 e. The summed E-state index contributed by atoms with van der Waals surface area (Å²) in [6.07, 6.45) is 4.29. The van der Waals surface area contributed by atoms with Crippen LogP contribution in [-0.2, 0) is 19.4 Å². The molecule has 0 unspecified atom stereocenters. The van der Waals surface area contributed by atoms with Crippen molar-refractivity contribution in [1.29, 1.82) is 0 Å². The SMILES string of the molecule is CC[C@@H](O)Cn1nc(C2CC2)nc1CCc1nc2ccccc2[nH]1. The Morgan fingerprint density at radius 3 is 2.83 bits per heavy atom. The largest absolute Gasteiger partial charge is 0.391 e. The third-order valence-electron chi connectivity index (χ3n) is 4.59. The van der Waals surface area contributed by atoms with Gasteiger partial charge in [0.15, 0.2) is 5.82 Å². The minimum Gasteiger partial charge on any atom is -0.391 e. The van der Waals surface area contributed by atoms with E-state index in [0.717, 1.165) is 47.8 Å². The van der Waals surface area contributed by atoms with Crippen LogP contribution < -0.4 is 0 Å². The molecular formula is C18H23N5O. The van der Waals surface area contributed by atoms with Crippen molar-refractivity contribution in [3.63, 3.8) is 0 Å². The molecule has 0 radical (unpaired) electrons. The van der Waals surface area contributed by atoms with Crippen LogP contribution in [0.3, 0.4) is 0 Å². The van der Waals surface area contributed by atoms with Gasteiger partial charge in [-0.2, -0.15) is 5.10 Å². The van der Waals surface area contributed by atoms with Gasteiger partial charge in [-0.05, 0) is 31.4 Å². The number of benzene rings is 1. The Morgan fingerprint density at radius 1 is 1.25 bits per heavy atom. The molecule has 0 saturated heterocycles. The number of hydrogen-bond acceptors (Lipinski definition) is 4. The van der Waals surface area contributed by atoms with Crippen LogP contribution in [0.1, 0.15) is 49.6 Å². The summed E-state index contributed by atoms with van der Waals surface area (Å²) in [7, 11) is 0. The monoisotopic (exact) mass is 325 g/mol. The number of aliphatic hydroxyl groups excluding tert-OH is 1. The lowest BCUT2D eigenvalue weighted by Gasteiger charge is -2.09. The lowest BCUT2D eigenvalue weighted by Crippen LogP contribution is -2.18. The Morgan fingerprint density at radius 2 is 2.08 bits per heavy atom. The molecule has 1 aliphatic rings. The molecule has 6 nitrogen and oxygen atoms in total. The van der Waals surface area contributed by atoms with Gasteiger partial charge in [-0.1, -0.05) is 19.1 Å². The second kappa shape index (κ2) is 6.36. The Bertz CT molecular complexity index is 800. The molecule has 6 heteroatoms. The number of aryl methyl sites for hydroxylation is 2. The highest BCUT2D eigenvalue weighted by atomic mass is 16.3. The first kappa shape index (κ1) is 15.3. The summed E-state index contributed by atoms with van der Waals surface area (Å²) in [4.78, 5) is 12.7. The first-order chi connectivity index (χ1) is 11.7. The average Bonchev–Trinajstić information content (AvgIpc) is 3.24. The van der Waals surface area contributed by atoms with Gasteiger partial charge in [-0.15, -0.1) is 0 Å². The van der Waals surface area contributed by atoms with Crippen molar-refractivity contribution in [3.8, 4) is 0 Å². The van der Waals surface area contributed by atoms with E-state index in [9.17, 15) is 5.11 Å². The lowest BCUT2D eigenvalue weighted by atomic mass is 10.2. The molecule has 1 saturated carbocycles. The predicted molar refractivity (Wildman–Crippen MR) is 91.8 cm³/mol. The number of nitrogens with zero attached hydrogens (tertiary/aromatic N) is 4. The van der Waals surface area contributed by atoms with Crippen LogP contribution in [-0.4, -0.2) is 35.9 Å². The zero-order valence-electron chi connectivity index (χ0n) is 13.9. The number of aliphatic hydroxyl groups is 1. The van der Waals surface area contributed by atoms with Crippen LogP contribution in [0, 0.1) is 0 Å². The van der Waals surface area contributed by atoms with Gasteiger partial charge in [0.25, 0.3) is 0 Å². The molecule has 2 heterocycles. The highest BCUT2D eigenvalue weighted by Gasteiger charge is 2.29. The number of para-hydroxylation sites is 2. The Hall–Kier alpha value is -2.21. The summed E-state index contributed by atoms with van der Waals surface area (Å²) in [6, 6.07) is 8.06. The zero-order chi connectivity index (χ0) is 16.5. The highest BCUT2D eigenvalue weighted by Crippen LogP contribution is 2.38.